The van der Waals surface area contributed by atoms with Gasteiger partial charge in [0.2, 0.25) is 11.8 Å². The minimum atomic E-state index is -0.342. The summed E-state index contributed by atoms with van der Waals surface area (Å²) in [5.74, 6) is -0.242. The van der Waals surface area contributed by atoms with Crippen LogP contribution in [0.15, 0.2) is 0 Å². The van der Waals surface area contributed by atoms with Gasteiger partial charge >= 0.3 is 0 Å². The van der Waals surface area contributed by atoms with Crippen molar-refractivity contribution in [3.05, 3.63) is 0 Å². The third-order valence-electron chi connectivity index (χ3n) is 4.16. The number of hydrogen-bond donors (Lipinski definition) is 1. The van der Waals surface area contributed by atoms with E-state index in [1.54, 1.807) is 4.90 Å². The summed E-state index contributed by atoms with van der Waals surface area (Å²) in [6.07, 6.45) is 6.00. The predicted molar refractivity (Wildman–Crippen MR) is 70.4 cm³/mol. The number of piperazine rings is 1. The van der Waals surface area contributed by atoms with Crippen molar-refractivity contribution in [2.24, 2.45) is 5.92 Å². The summed E-state index contributed by atoms with van der Waals surface area (Å²) < 4.78 is 0. The van der Waals surface area contributed by atoms with Gasteiger partial charge in [-0.2, -0.15) is 0 Å². The van der Waals surface area contributed by atoms with Crippen LogP contribution in [0.3, 0.4) is 0 Å². The molecule has 2 aliphatic rings. The molecule has 2 rings (SSSR count). The molecule has 1 heterocycles. The highest BCUT2D eigenvalue weighted by molar-refractivity contribution is 6.01. The summed E-state index contributed by atoms with van der Waals surface area (Å²) in [6, 6.07) is -0.342. The maximum atomic E-state index is 12.3. The van der Waals surface area contributed by atoms with Crippen LogP contribution >= 0.6 is 0 Å². The highest BCUT2D eigenvalue weighted by Gasteiger charge is 2.34. The van der Waals surface area contributed by atoms with Crippen LogP contribution in [0.25, 0.3) is 0 Å². The monoisotopic (exact) mass is 266 g/mol. The van der Waals surface area contributed by atoms with E-state index < -0.39 is 0 Å². The number of nitrogens with zero attached hydrogens (tertiary/aromatic N) is 1. The highest BCUT2D eigenvalue weighted by atomic mass is 16.2. The zero-order valence-corrected chi connectivity index (χ0v) is 11.5. The largest absolute Gasteiger partial charge is 0.298 e. The van der Waals surface area contributed by atoms with E-state index in [4.69, 9.17) is 0 Å². The number of rotatable bonds is 4. The van der Waals surface area contributed by atoms with Gasteiger partial charge in [0.05, 0.1) is 19.1 Å². The van der Waals surface area contributed by atoms with Crippen molar-refractivity contribution in [2.45, 2.75) is 51.5 Å². The third kappa shape index (κ3) is 3.41. The van der Waals surface area contributed by atoms with Crippen molar-refractivity contribution in [3.8, 4) is 0 Å². The average molecular weight is 266 g/mol. The molecule has 5 nitrogen and oxygen atoms in total. The van der Waals surface area contributed by atoms with Crippen LogP contribution in [0, 0.1) is 5.92 Å². The Balaban J connectivity index is 1.96. The fourth-order valence-corrected chi connectivity index (χ4v) is 3.08. The number of imide groups is 1. The Kier molecular flexibility index (Phi) is 4.69. The maximum absolute atomic E-state index is 12.3. The summed E-state index contributed by atoms with van der Waals surface area (Å²) in [5.41, 5.74) is 0. The van der Waals surface area contributed by atoms with E-state index in [0.717, 1.165) is 25.7 Å². The Morgan fingerprint density at radius 3 is 2.58 bits per heavy atom. The molecule has 1 atom stereocenters. The van der Waals surface area contributed by atoms with E-state index in [0.29, 0.717) is 6.42 Å². The van der Waals surface area contributed by atoms with Gasteiger partial charge in [0.25, 0.3) is 0 Å². The Labute approximate surface area is 113 Å². The van der Waals surface area contributed by atoms with Gasteiger partial charge in [0.1, 0.15) is 5.78 Å². The molecule has 5 heteroatoms. The molecule has 19 heavy (non-hydrogen) atoms. The second-order valence-corrected chi connectivity index (χ2v) is 5.54. The molecule has 1 aliphatic heterocycles. The fourth-order valence-electron chi connectivity index (χ4n) is 3.08. The van der Waals surface area contributed by atoms with E-state index in [1.165, 1.54) is 6.42 Å². The standard InChI is InChI=1S/C14H22N2O3/c1-2-11-14(19)15-13(18)9-16(11)8-12(17)10-6-4-3-5-7-10/h10-11H,2-9H2,1H3,(H,15,18,19). The third-order valence-corrected chi connectivity index (χ3v) is 4.16. The van der Waals surface area contributed by atoms with Gasteiger partial charge in [-0.3, -0.25) is 24.6 Å². The molecule has 0 radical (unpaired) electrons. The summed E-state index contributed by atoms with van der Waals surface area (Å²) in [7, 11) is 0. The van der Waals surface area contributed by atoms with Crippen molar-refractivity contribution >= 4 is 17.6 Å². The van der Waals surface area contributed by atoms with Crippen LogP contribution in [0.4, 0.5) is 0 Å². The molecule has 0 aromatic heterocycles. The summed E-state index contributed by atoms with van der Waals surface area (Å²) >= 11 is 0. The molecule has 1 aliphatic carbocycles. The molecule has 2 fully saturated rings. The maximum Gasteiger partial charge on any atom is 0.243 e. The first-order valence-corrected chi connectivity index (χ1v) is 7.22. The van der Waals surface area contributed by atoms with E-state index >= 15 is 0 Å². The zero-order valence-electron chi connectivity index (χ0n) is 11.5. The summed E-state index contributed by atoms with van der Waals surface area (Å²) in [5, 5.41) is 2.33. The molecule has 1 N–H and O–H groups in total. The molecule has 106 valence electrons. The lowest BCUT2D eigenvalue weighted by molar-refractivity contribution is -0.141. The first-order valence-electron chi connectivity index (χ1n) is 7.22. The van der Waals surface area contributed by atoms with Crippen molar-refractivity contribution < 1.29 is 14.4 Å². The van der Waals surface area contributed by atoms with Gasteiger partial charge in [-0.1, -0.05) is 26.2 Å². The van der Waals surface area contributed by atoms with Crippen molar-refractivity contribution in [1.29, 1.82) is 0 Å². The lowest BCUT2D eigenvalue weighted by Crippen LogP contribution is -2.59. The van der Waals surface area contributed by atoms with Crippen molar-refractivity contribution in [2.75, 3.05) is 13.1 Å². The number of Topliss-reactive ketones (excluding diaryl/α,β-unsaturated/α-hetero) is 1. The van der Waals surface area contributed by atoms with Crippen LogP contribution < -0.4 is 5.32 Å². The smallest absolute Gasteiger partial charge is 0.243 e. The SMILES string of the molecule is CCC1C(=O)NC(=O)CN1CC(=O)C1CCCCC1. The lowest BCUT2D eigenvalue weighted by Gasteiger charge is -2.34. The Hall–Kier alpha value is -1.23. The normalized spacial score (nSPS) is 26.3. The van der Waals surface area contributed by atoms with Crippen LogP contribution in [0.5, 0.6) is 0 Å². The number of carbonyl (C=O) groups is 3. The van der Waals surface area contributed by atoms with Gasteiger partial charge in [0, 0.05) is 5.92 Å². The molecule has 0 bridgehead atoms. The number of ketones is 1. The first kappa shape index (κ1) is 14.2. The van der Waals surface area contributed by atoms with Crippen LogP contribution in [-0.4, -0.2) is 41.6 Å². The fraction of sp³-hybridized carbons (Fsp3) is 0.786. The molecule has 0 aromatic rings. The van der Waals surface area contributed by atoms with E-state index in [-0.39, 0.29) is 42.6 Å². The van der Waals surface area contributed by atoms with Crippen LogP contribution in [0.2, 0.25) is 0 Å². The van der Waals surface area contributed by atoms with Gasteiger partial charge in [-0.15, -0.1) is 0 Å². The first-order chi connectivity index (χ1) is 9.11. The van der Waals surface area contributed by atoms with Crippen molar-refractivity contribution in [3.63, 3.8) is 0 Å². The van der Waals surface area contributed by atoms with Crippen molar-refractivity contribution in [1.82, 2.24) is 10.2 Å². The Morgan fingerprint density at radius 2 is 1.95 bits per heavy atom. The number of nitrogens with one attached hydrogen (secondary N) is 1. The molecular weight excluding hydrogens is 244 g/mol. The average Bonchev–Trinajstić information content (AvgIpc) is 2.39. The molecule has 2 amide bonds. The topological polar surface area (TPSA) is 66.5 Å². The van der Waals surface area contributed by atoms with Gasteiger partial charge in [-0.05, 0) is 19.3 Å². The molecular formula is C14H22N2O3. The summed E-state index contributed by atoms with van der Waals surface area (Å²) in [6.45, 7) is 2.29. The molecule has 1 saturated heterocycles. The number of hydrogen-bond acceptors (Lipinski definition) is 4. The lowest BCUT2D eigenvalue weighted by atomic mass is 9.86. The minimum absolute atomic E-state index is 0.131. The minimum Gasteiger partial charge on any atom is -0.298 e. The molecule has 1 saturated carbocycles. The highest BCUT2D eigenvalue weighted by Crippen LogP contribution is 2.25. The number of amides is 2. The second-order valence-electron chi connectivity index (χ2n) is 5.54. The zero-order chi connectivity index (χ0) is 13.8. The summed E-state index contributed by atoms with van der Waals surface area (Å²) in [4.78, 5) is 37.1. The van der Waals surface area contributed by atoms with Gasteiger partial charge in [0.15, 0.2) is 0 Å². The van der Waals surface area contributed by atoms with Crippen LogP contribution in [0.1, 0.15) is 45.4 Å². The van der Waals surface area contributed by atoms with E-state index in [9.17, 15) is 14.4 Å². The van der Waals surface area contributed by atoms with Gasteiger partial charge in [-0.25, -0.2) is 0 Å². The van der Waals surface area contributed by atoms with Gasteiger partial charge < -0.3 is 0 Å². The van der Waals surface area contributed by atoms with E-state index in [1.807, 2.05) is 6.92 Å². The Bertz CT molecular complexity index is 375. The quantitative estimate of drug-likeness (QED) is 0.767. The van der Waals surface area contributed by atoms with E-state index in [2.05, 4.69) is 5.32 Å². The molecule has 1 unspecified atom stereocenters. The molecule has 0 spiro atoms. The van der Waals surface area contributed by atoms with Crippen LogP contribution in [-0.2, 0) is 14.4 Å². The number of carbonyl (C=O) groups excluding carboxylic acids is 3. The molecule has 0 aromatic carbocycles. The second kappa shape index (κ2) is 6.28. The predicted octanol–water partition coefficient (Wildman–Crippen LogP) is 0.873. The Morgan fingerprint density at radius 1 is 1.26 bits per heavy atom.